The zero-order valence-corrected chi connectivity index (χ0v) is 25.1. The highest BCUT2D eigenvalue weighted by Crippen LogP contribution is 2.43. The lowest BCUT2D eigenvalue weighted by atomic mass is 9.76. The van der Waals surface area contributed by atoms with Crippen molar-refractivity contribution in [3.05, 3.63) is 165 Å². The molecule has 4 aromatic rings. The molecule has 0 fully saturated rings. The van der Waals surface area contributed by atoms with Gasteiger partial charge in [0, 0.05) is 17.3 Å². The van der Waals surface area contributed by atoms with E-state index in [0.29, 0.717) is 11.3 Å². The summed E-state index contributed by atoms with van der Waals surface area (Å²) in [5, 5.41) is 28.1. The third kappa shape index (κ3) is 5.77. The molecule has 0 radical (unpaired) electrons. The van der Waals surface area contributed by atoms with Gasteiger partial charge in [-0.3, -0.25) is 5.32 Å². The van der Waals surface area contributed by atoms with E-state index in [4.69, 9.17) is 16.3 Å². The Labute approximate surface area is 261 Å². The van der Waals surface area contributed by atoms with Crippen LogP contribution in [0.3, 0.4) is 0 Å². The quantitative estimate of drug-likeness (QED) is 0.111. The number of allylic oxidation sites excluding steroid dienone is 1. The molecule has 4 N–H and O–H groups in total. The molecular formula is C36H33ClN2O5. The standard InChI is InChI=1S/C36H33ClN2O5/c1-3-44-33(32-31(35(42)43)30(27-21-13-14-22-28(27)37)29(34(40)41)23(2)38-32)39-36(24-15-7-4-8-16-24,25-17-9-5-10-18-25)26-19-11-6-12-20-26/h4-22,30,33,38-39H,3H2,1-2H3,(H,40,41)(H,42,43). The normalized spacial score (nSPS) is 15.9. The summed E-state index contributed by atoms with van der Waals surface area (Å²) in [5.74, 6) is -3.70. The van der Waals surface area contributed by atoms with Crippen LogP contribution in [0.1, 0.15) is 42.0 Å². The van der Waals surface area contributed by atoms with Gasteiger partial charge in [0.15, 0.2) is 6.23 Å². The average Bonchev–Trinajstić information content (AvgIpc) is 3.04. The number of carboxylic acids is 2. The van der Waals surface area contributed by atoms with E-state index in [1.54, 1.807) is 31.2 Å². The highest BCUT2D eigenvalue weighted by atomic mass is 35.5. The van der Waals surface area contributed by atoms with E-state index in [0.717, 1.165) is 16.7 Å². The number of carbonyl (C=O) groups is 2. The Balaban J connectivity index is 1.80. The summed E-state index contributed by atoms with van der Waals surface area (Å²) in [6.07, 6.45) is -1.03. The summed E-state index contributed by atoms with van der Waals surface area (Å²) < 4.78 is 6.34. The molecule has 8 heteroatoms. The van der Waals surface area contributed by atoms with Crippen molar-refractivity contribution in [2.24, 2.45) is 0 Å². The fourth-order valence-electron chi connectivity index (χ4n) is 5.98. The molecular weight excluding hydrogens is 576 g/mol. The average molecular weight is 609 g/mol. The van der Waals surface area contributed by atoms with Crippen LogP contribution in [-0.4, -0.2) is 35.0 Å². The molecule has 1 heterocycles. The fraction of sp³-hybridized carbons (Fsp3) is 0.167. The molecule has 5 rings (SSSR count). The summed E-state index contributed by atoms with van der Waals surface area (Å²) in [6.45, 7) is 3.67. The van der Waals surface area contributed by atoms with E-state index >= 15 is 0 Å². The molecule has 0 aliphatic carbocycles. The van der Waals surface area contributed by atoms with Crippen LogP contribution in [0, 0.1) is 0 Å². The molecule has 7 nitrogen and oxygen atoms in total. The zero-order valence-electron chi connectivity index (χ0n) is 24.3. The topological polar surface area (TPSA) is 108 Å². The van der Waals surface area contributed by atoms with E-state index in [2.05, 4.69) is 10.6 Å². The number of hydrogen-bond donors (Lipinski definition) is 4. The summed E-state index contributed by atoms with van der Waals surface area (Å²) in [6, 6.07) is 36.3. The van der Waals surface area contributed by atoms with Gasteiger partial charge in [-0.15, -0.1) is 0 Å². The SMILES string of the molecule is CCOC(NC(c1ccccc1)(c1ccccc1)c1ccccc1)C1=C(C(=O)O)C(c2ccccc2Cl)C(C(=O)O)=C(C)N1. The van der Waals surface area contributed by atoms with Gasteiger partial charge in [0.2, 0.25) is 0 Å². The second kappa shape index (κ2) is 13.3. The number of nitrogens with one attached hydrogen (secondary N) is 2. The predicted octanol–water partition coefficient (Wildman–Crippen LogP) is 6.67. The first-order valence-corrected chi connectivity index (χ1v) is 14.7. The molecule has 4 aromatic carbocycles. The molecule has 44 heavy (non-hydrogen) atoms. The van der Waals surface area contributed by atoms with Gasteiger partial charge in [0.25, 0.3) is 0 Å². The summed E-state index contributed by atoms with van der Waals surface area (Å²) in [7, 11) is 0. The molecule has 0 amide bonds. The fourth-order valence-corrected chi connectivity index (χ4v) is 6.22. The Morgan fingerprint density at radius 1 is 0.795 bits per heavy atom. The molecule has 0 spiro atoms. The number of hydrogen-bond acceptors (Lipinski definition) is 5. The van der Waals surface area contributed by atoms with E-state index < -0.39 is 29.6 Å². The minimum atomic E-state index is -1.29. The Hall–Kier alpha value is -4.69. The first kappa shape index (κ1) is 30.8. The van der Waals surface area contributed by atoms with Gasteiger partial charge >= 0.3 is 11.9 Å². The monoisotopic (exact) mass is 608 g/mol. The highest BCUT2D eigenvalue weighted by Gasteiger charge is 2.44. The van der Waals surface area contributed by atoms with Crippen LogP contribution in [0.4, 0.5) is 0 Å². The van der Waals surface area contributed by atoms with Crippen LogP contribution in [0.25, 0.3) is 0 Å². The molecule has 224 valence electrons. The van der Waals surface area contributed by atoms with E-state index in [-0.39, 0.29) is 28.5 Å². The molecule has 0 saturated carbocycles. The second-order valence-corrected chi connectivity index (χ2v) is 10.8. The number of aliphatic carboxylic acids is 2. The third-order valence-corrected chi connectivity index (χ3v) is 8.18. The summed E-state index contributed by atoms with van der Waals surface area (Å²) in [5.41, 5.74) is 2.28. The Bertz CT molecular complexity index is 1610. The lowest BCUT2D eigenvalue weighted by Crippen LogP contribution is -2.54. The number of rotatable bonds is 11. The molecule has 2 atom stereocenters. The highest BCUT2D eigenvalue weighted by molar-refractivity contribution is 6.31. The lowest BCUT2D eigenvalue weighted by molar-refractivity contribution is -0.133. The van der Waals surface area contributed by atoms with Crippen LogP contribution in [-0.2, 0) is 19.9 Å². The van der Waals surface area contributed by atoms with Crippen molar-refractivity contribution >= 4 is 23.5 Å². The lowest BCUT2D eigenvalue weighted by Gasteiger charge is -2.42. The van der Waals surface area contributed by atoms with Crippen molar-refractivity contribution in [1.29, 1.82) is 0 Å². The number of halogens is 1. The van der Waals surface area contributed by atoms with Gasteiger partial charge < -0.3 is 20.3 Å². The van der Waals surface area contributed by atoms with Crippen LogP contribution < -0.4 is 10.6 Å². The van der Waals surface area contributed by atoms with Crippen molar-refractivity contribution in [1.82, 2.24) is 10.6 Å². The first-order chi connectivity index (χ1) is 21.3. The molecule has 0 bridgehead atoms. The van der Waals surface area contributed by atoms with Crippen molar-refractivity contribution < 1.29 is 24.5 Å². The van der Waals surface area contributed by atoms with Gasteiger partial charge in [-0.25, -0.2) is 9.59 Å². The molecule has 2 unspecified atom stereocenters. The molecule has 0 aromatic heterocycles. The van der Waals surface area contributed by atoms with E-state index in [9.17, 15) is 19.8 Å². The third-order valence-electron chi connectivity index (χ3n) is 7.83. The van der Waals surface area contributed by atoms with Gasteiger partial charge in [-0.2, -0.15) is 0 Å². The number of carboxylic acid groups (broad SMARTS) is 2. The zero-order chi connectivity index (χ0) is 31.3. The smallest absolute Gasteiger partial charge is 0.334 e. The minimum Gasteiger partial charge on any atom is -0.478 e. The number of dihydropyridines is 1. The van der Waals surface area contributed by atoms with Crippen molar-refractivity contribution in [2.45, 2.75) is 31.5 Å². The number of benzene rings is 4. The Morgan fingerprint density at radius 2 is 1.25 bits per heavy atom. The van der Waals surface area contributed by atoms with Crippen LogP contribution in [0.5, 0.6) is 0 Å². The van der Waals surface area contributed by atoms with E-state index in [1.165, 1.54) is 0 Å². The molecule has 1 aliphatic rings. The van der Waals surface area contributed by atoms with Gasteiger partial charge in [0.1, 0.15) is 0 Å². The maximum atomic E-state index is 13.2. The summed E-state index contributed by atoms with van der Waals surface area (Å²) >= 11 is 6.58. The van der Waals surface area contributed by atoms with Crippen LogP contribution in [0.15, 0.2) is 138 Å². The molecule has 0 saturated heterocycles. The van der Waals surface area contributed by atoms with Crippen molar-refractivity contribution in [3.8, 4) is 0 Å². The number of ether oxygens (including phenoxy) is 1. The van der Waals surface area contributed by atoms with Gasteiger partial charge in [0.05, 0.1) is 28.3 Å². The maximum absolute atomic E-state index is 13.2. The predicted molar refractivity (Wildman–Crippen MR) is 170 cm³/mol. The van der Waals surface area contributed by atoms with Crippen molar-refractivity contribution in [3.63, 3.8) is 0 Å². The first-order valence-electron chi connectivity index (χ1n) is 14.3. The van der Waals surface area contributed by atoms with Gasteiger partial charge in [-0.05, 0) is 42.2 Å². The Kier molecular flexibility index (Phi) is 9.30. The van der Waals surface area contributed by atoms with Crippen LogP contribution in [0.2, 0.25) is 5.02 Å². The second-order valence-electron chi connectivity index (χ2n) is 10.4. The minimum absolute atomic E-state index is 0.102. The van der Waals surface area contributed by atoms with Crippen LogP contribution >= 0.6 is 11.6 Å². The van der Waals surface area contributed by atoms with Gasteiger partial charge in [-0.1, -0.05) is 121 Å². The molecule has 1 aliphatic heterocycles. The van der Waals surface area contributed by atoms with E-state index in [1.807, 2.05) is 97.9 Å². The van der Waals surface area contributed by atoms with Crippen molar-refractivity contribution in [2.75, 3.05) is 6.61 Å². The largest absolute Gasteiger partial charge is 0.478 e. The Morgan fingerprint density at radius 3 is 1.68 bits per heavy atom. The summed E-state index contributed by atoms with van der Waals surface area (Å²) in [4.78, 5) is 25.8. The maximum Gasteiger partial charge on any atom is 0.334 e.